The third kappa shape index (κ3) is 5.53. The minimum Gasteiger partial charge on any atom is -0.444 e. The van der Waals surface area contributed by atoms with Crippen molar-refractivity contribution in [2.75, 3.05) is 26.7 Å². The second-order valence-electron chi connectivity index (χ2n) is 7.26. The van der Waals surface area contributed by atoms with E-state index in [1.807, 2.05) is 34.6 Å². The van der Waals surface area contributed by atoms with E-state index in [0.717, 1.165) is 6.42 Å². The number of rotatable bonds is 4. The van der Waals surface area contributed by atoms with Crippen LogP contribution in [-0.2, 0) is 9.53 Å². The molecule has 1 atom stereocenters. The molecule has 2 N–H and O–H groups in total. The molecule has 21 heavy (non-hydrogen) atoms. The summed E-state index contributed by atoms with van der Waals surface area (Å²) < 4.78 is 5.37. The molecular formula is C15H29N3O3. The molecule has 0 bridgehead atoms. The molecule has 6 nitrogen and oxygen atoms in total. The van der Waals surface area contributed by atoms with Gasteiger partial charge in [-0.05, 0) is 41.0 Å². The lowest BCUT2D eigenvalue weighted by Crippen LogP contribution is -2.46. The van der Waals surface area contributed by atoms with Crippen molar-refractivity contribution in [2.45, 2.75) is 52.7 Å². The van der Waals surface area contributed by atoms with Gasteiger partial charge < -0.3 is 20.3 Å². The predicted molar refractivity (Wildman–Crippen MR) is 82.1 cm³/mol. The molecule has 1 saturated heterocycles. The summed E-state index contributed by atoms with van der Waals surface area (Å²) in [7, 11) is 1.64. The molecule has 0 saturated carbocycles. The van der Waals surface area contributed by atoms with E-state index in [0.29, 0.717) is 19.6 Å². The molecule has 1 aliphatic heterocycles. The fraction of sp³-hybridized carbons (Fsp3) is 0.867. The van der Waals surface area contributed by atoms with Gasteiger partial charge in [-0.25, -0.2) is 4.79 Å². The van der Waals surface area contributed by atoms with E-state index in [1.165, 1.54) is 0 Å². The van der Waals surface area contributed by atoms with Crippen molar-refractivity contribution in [3.63, 3.8) is 0 Å². The van der Waals surface area contributed by atoms with E-state index in [-0.39, 0.29) is 18.0 Å². The van der Waals surface area contributed by atoms with Crippen LogP contribution in [0.15, 0.2) is 0 Å². The van der Waals surface area contributed by atoms with Crippen LogP contribution >= 0.6 is 0 Å². The SMILES string of the molecule is CNC(=O)C(C)(C)CNC1CCN(C(=O)OC(C)(C)C)C1. The number of carbonyl (C=O) groups excluding carboxylic acids is 2. The van der Waals surface area contributed by atoms with Crippen molar-refractivity contribution in [3.8, 4) is 0 Å². The van der Waals surface area contributed by atoms with Gasteiger partial charge in [0.1, 0.15) is 5.60 Å². The van der Waals surface area contributed by atoms with Crippen LogP contribution in [0, 0.1) is 5.41 Å². The molecule has 1 rings (SSSR count). The topological polar surface area (TPSA) is 70.7 Å². The van der Waals surface area contributed by atoms with Crippen LogP contribution in [0.1, 0.15) is 41.0 Å². The Hall–Kier alpha value is -1.30. The van der Waals surface area contributed by atoms with Crippen molar-refractivity contribution >= 4 is 12.0 Å². The van der Waals surface area contributed by atoms with Crippen LogP contribution in [0.25, 0.3) is 0 Å². The summed E-state index contributed by atoms with van der Waals surface area (Å²) in [5, 5.41) is 6.04. The van der Waals surface area contributed by atoms with E-state index in [1.54, 1.807) is 11.9 Å². The lowest BCUT2D eigenvalue weighted by Gasteiger charge is -2.26. The van der Waals surface area contributed by atoms with Gasteiger partial charge in [-0.2, -0.15) is 0 Å². The van der Waals surface area contributed by atoms with E-state index in [2.05, 4.69) is 10.6 Å². The van der Waals surface area contributed by atoms with Crippen LogP contribution in [0.2, 0.25) is 0 Å². The fourth-order valence-electron chi connectivity index (χ4n) is 2.24. The number of amides is 2. The summed E-state index contributed by atoms with van der Waals surface area (Å²) in [6.07, 6.45) is 0.612. The Balaban J connectivity index is 2.42. The summed E-state index contributed by atoms with van der Waals surface area (Å²) in [6, 6.07) is 0.210. The highest BCUT2D eigenvalue weighted by atomic mass is 16.6. The van der Waals surface area contributed by atoms with Gasteiger partial charge in [-0.15, -0.1) is 0 Å². The van der Waals surface area contributed by atoms with Crippen LogP contribution in [0.4, 0.5) is 4.79 Å². The standard InChI is InChI=1S/C15H29N3O3/c1-14(2,3)21-13(20)18-8-7-11(9-18)17-10-15(4,5)12(19)16-6/h11,17H,7-10H2,1-6H3,(H,16,19). The Morgan fingerprint density at radius 1 is 1.24 bits per heavy atom. The predicted octanol–water partition coefficient (Wildman–Crippen LogP) is 1.36. The highest BCUT2D eigenvalue weighted by molar-refractivity contribution is 5.81. The van der Waals surface area contributed by atoms with Gasteiger partial charge in [0.05, 0.1) is 5.41 Å². The molecule has 0 aromatic rings. The second kappa shape index (κ2) is 6.64. The maximum Gasteiger partial charge on any atom is 0.410 e. The summed E-state index contributed by atoms with van der Waals surface area (Å²) in [4.78, 5) is 25.4. The highest BCUT2D eigenvalue weighted by Gasteiger charge is 2.32. The van der Waals surface area contributed by atoms with Gasteiger partial charge >= 0.3 is 6.09 Å². The van der Waals surface area contributed by atoms with E-state index < -0.39 is 11.0 Å². The summed E-state index contributed by atoms with van der Waals surface area (Å²) in [5.74, 6) is 0.0111. The highest BCUT2D eigenvalue weighted by Crippen LogP contribution is 2.18. The molecule has 6 heteroatoms. The van der Waals surface area contributed by atoms with Crippen LogP contribution in [0.3, 0.4) is 0 Å². The Morgan fingerprint density at radius 2 is 1.86 bits per heavy atom. The normalized spacial score (nSPS) is 19.5. The van der Waals surface area contributed by atoms with Crippen molar-refractivity contribution in [3.05, 3.63) is 0 Å². The molecule has 1 unspecified atom stereocenters. The molecule has 1 heterocycles. The van der Waals surface area contributed by atoms with E-state index in [4.69, 9.17) is 4.74 Å². The monoisotopic (exact) mass is 299 g/mol. The minimum absolute atomic E-state index is 0.0111. The lowest BCUT2D eigenvalue weighted by atomic mass is 9.92. The van der Waals surface area contributed by atoms with Gasteiger partial charge in [0, 0.05) is 32.7 Å². The molecular weight excluding hydrogens is 270 g/mol. The third-order valence-electron chi connectivity index (χ3n) is 3.51. The zero-order valence-corrected chi connectivity index (χ0v) is 14.1. The minimum atomic E-state index is -0.468. The van der Waals surface area contributed by atoms with Crippen LogP contribution in [0.5, 0.6) is 0 Å². The second-order valence-corrected chi connectivity index (χ2v) is 7.26. The van der Waals surface area contributed by atoms with E-state index in [9.17, 15) is 9.59 Å². The van der Waals surface area contributed by atoms with E-state index >= 15 is 0 Å². The van der Waals surface area contributed by atoms with Crippen molar-refractivity contribution in [1.29, 1.82) is 0 Å². The first-order chi connectivity index (χ1) is 9.55. The van der Waals surface area contributed by atoms with Crippen LogP contribution < -0.4 is 10.6 Å². The summed E-state index contributed by atoms with van der Waals surface area (Å²) in [5.41, 5.74) is -0.933. The van der Waals surface area contributed by atoms with Crippen molar-refractivity contribution in [2.24, 2.45) is 5.41 Å². The molecule has 122 valence electrons. The molecule has 0 spiro atoms. The third-order valence-corrected chi connectivity index (χ3v) is 3.51. The van der Waals surface area contributed by atoms with Gasteiger partial charge in [-0.3, -0.25) is 4.79 Å². The number of carbonyl (C=O) groups is 2. The number of hydrogen-bond donors (Lipinski definition) is 2. The molecule has 0 radical (unpaired) electrons. The number of nitrogens with zero attached hydrogens (tertiary/aromatic N) is 1. The molecule has 1 fully saturated rings. The fourth-order valence-corrected chi connectivity index (χ4v) is 2.24. The number of nitrogens with one attached hydrogen (secondary N) is 2. The zero-order valence-electron chi connectivity index (χ0n) is 14.1. The smallest absolute Gasteiger partial charge is 0.410 e. The van der Waals surface area contributed by atoms with Crippen molar-refractivity contribution in [1.82, 2.24) is 15.5 Å². The maximum atomic E-state index is 12.0. The zero-order chi connectivity index (χ0) is 16.3. The van der Waals surface area contributed by atoms with Gasteiger partial charge in [0.2, 0.25) is 5.91 Å². The summed E-state index contributed by atoms with van der Waals surface area (Å²) in [6.45, 7) is 11.3. The molecule has 2 amide bonds. The molecule has 1 aliphatic rings. The van der Waals surface area contributed by atoms with Gasteiger partial charge in [-0.1, -0.05) is 0 Å². The lowest BCUT2D eigenvalue weighted by molar-refractivity contribution is -0.128. The first-order valence-corrected chi connectivity index (χ1v) is 7.48. The molecule has 0 aromatic carbocycles. The van der Waals surface area contributed by atoms with Gasteiger partial charge in [0.15, 0.2) is 0 Å². The molecule has 0 aliphatic carbocycles. The average Bonchev–Trinajstić information content (AvgIpc) is 2.82. The largest absolute Gasteiger partial charge is 0.444 e. The number of ether oxygens (including phenoxy) is 1. The average molecular weight is 299 g/mol. The Bertz CT molecular complexity index is 388. The Labute approximate surface area is 127 Å². The Kier molecular flexibility index (Phi) is 5.61. The Morgan fingerprint density at radius 3 is 2.38 bits per heavy atom. The van der Waals surface area contributed by atoms with Crippen LogP contribution in [-0.4, -0.2) is 55.2 Å². The molecule has 0 aromatic heterocycles. The van der Waals surface area contributed by atoms with Gasteiger partial charge in [0.25, 0.3) is 0 Å². The quantitative estimate of drug-likeness (QED) is 0.822. The first kappa shape index (κ1) is 17.8. The van der Waals surface area contributed by atoms with Crippen molar-refractivity contribution < 1.29 is 14.3 Å². The maximum absolute atomic E-state index is 12.0. The number of hydrogen-bond acceptors (Lipinski definition) is 4. The number of likely N-dealkylation sites (tertiary alicyclic amines) is 1. The first-order valence-electron chi connectivity index (χ1n) is 7.48. The summed E-state index contributed by atoms with van der Waals surface area (Å²) >= 11 is 0.